The minimum atomic E-state index is -0.182. The molecule has 1 heterocycles. The molecule has 21 heavy (non-hydrogen) atoms. The quantitative estimate of drug-likeness (QED) is 0.862. The van der Waals surface area contributed by atoms with Crippen molar-refractivity contribution in [3.05, 3.63) is 46.2 Å². The van der Waals surface area contributed by atoms with E-state index in [0.717, 1.165) is 5.56 Å². The van der Waals surface area contributed by atoms with Crippen LogP contribution in [0.2, 0.25) is 0 Å². The molecular weight excluding hydrogens is 268 g/mol. The molecule has 0 spiro atoms. The van der Waals surface area contributed by atoms with Gasteiger partial charge in [-0.3, -0.25) is 4.79 Å². The molecule has 2 aromatic rings. The molecule has 0 unspecified atom stereocenters. The van der Waals surface area contributed by atoms with Gasteiger partial charge in [-0.1, -0.05) is 6.07 Å². The number of nitrogens with zero attached hydrogens (tertiary/aromatic N) is 2. The van der Waals surface area contributed by atoms with Crippen LogP contribution >= 0.6 is 0 Å². The van der Waals surface area contributed by atoms with E-state index in [9.17, 15) is 4.79 Å². The molecule has 1 aromatic heterocycles. The van der Waals surface area contributed by atoms with Crippen LogP contribution in [-0.2, 0) is 13.5 Å². The Bertz CT molecular complexity index is 757. The molecule has 0 atom stereocenters. The summed E-state index contributed by atoms with van der Waals surface area (Å²) < 4.78 is 12.1. The minimum Gasteiger partial charge on any atom is -0.497 e. The highest BCUT2D eigenvalue weighted by atomic mass is 16.5. The van der Waals surface area contributed by atoms with E-state index in [4.69, 9.17) is 14.7 Å². The molecule has 0 saturated heterocycles. The van der Waals surface area contributed by atoms with Crippen LogP contribution in [0.3, 0.4) is 0 Å². The third kappa shape index (κ3) is 2.75. The first-order chi connectivity index (χ1) is 10.1. The second-order valence-electron chi connectivity index (χ2n) is 4.51. The average molecular weight is 284 g/mol. The number of nitriles is 1. The molecule has 0 aliphatic carbocycles. The molecule has 108 valence electrons. The Kier molecular flexibility index (Phi) is 4.29. The van der Waals surface area contributed by atoms with Crippen LogP contribution in [0.4, 0.5) is 0 Å². The number of methoxy groups -OCH3 is 2. The Morgan fingerprint density at radius 2 is 1.95 bits per heavy atom. The molecule has 0 aliphatic rings. The second kappa shape index (κ2) is 6.14. The second-order valence-corrected chi connectivity index (χ2v) is 4.51. The molecule has 0 aliphatic heterocycles. The van der Waals surface area contributed by atoms with Crippen molar-refractivity contribution in [2.45, 2.75) is 6.42 Å². The first-order valence-electron chi connectivity index (χ1n) is 6.40. The third-order valence-electron chi connectivity index (χ3n) is 3.34. The topological polar surface area (TPSA) is 64.2 Å². The van der Waals surface area contributed by atoms with Gasteiger partial charge in [0.2, 0.25) is 0 Å². The number of ether oxygens (including phenoxy) is 2. The van der Waals surface area contributed by atoms with Crippen molar-refractivity contribution in [1.82, 2.24) is 4.57 Å². The average Bonchev–Trinajstić information content (AvgIpc) is 2.51. The highest BCUT2D eigenvalue weighted by Crippen LogP contribution is 2.32. The fourth-order valence-corrected chi connectivity index (χ4v) is 2.19. The van der Waals surface area contributed by atoms with Crippen molar-refractivity contribution >= 4 is 0 Å². The van der Waals surface area contributed by atoms with Gasteiger partial charge in [0.15, 0.2) is 0 Å². The Hall–Kier alpha value is -2.74. The maximum Gasteiger partial charge on any atom is 0.255 e. The Balaban J connectivity index is 2.65. The number of hydrogen-bond acceptors (Lipinski definition) is 4. The van der Waals surface area contributed by atoms with Gasteiger partial charge in [0.1, 0.15) is 11.5 Å². The fourth-order valence-electron chi connectivity index (χ4n) is 2.19. The standard InChI is InChI=1S/C16H16N2O3/c1-18-14(6-4-11(8-9-17)16(18)19)13-10-12(20-2)5-7-15(13)21-3/h4-7,10H,8H2,1-3H3. The molecule has 0 amide bonds. The van der Waals surface area contributed by atoms with Crippen molar-refractivity contribution in [1.29, 1.82) is 5.26 Å². The van der Waals surface area contributed by atoms with E-state index in [2.05, 4.69) is 0 Å². The largest absolute Gasteiger partial charge is 0.497 e. The van der Waals surface area contributed by atoms with Crippen LogP contribution in [-0.4, -0.2) is 18.8 Å². The number of rotatable bonds is 4. The number of pyridine rings is 1. The number of hydrogen-bond donors (Lipinski definition) is 0. The van der Waals surface area contributed by atoms with Gasteiger partial charge in [0, 0.05) is 18.2 Å². The third-order valence-corrected chi connectivity index (χ3v) is 3.34. The van der Waals surface area contributed by atoms with E-state index < -0.39 is 0 Å². The molecule has 0 bridgehead atoms. The zero-order valence-electron chi connectivity index (χ0n) is 12.2. The minimum absolute atomic E-state index is 0.0994. The predicted octanol–water partition coefficient (Wildman–Crippen LogP) is 2.14. The van der Waals surface area contributed by atoms with Gasteiger partial charge >= 0.3 is 0 Å². The molecule has 1 aromatic carbocycles. The van der Waals surface area contributed by atoms with Gasteiger partial charge < -0.3 is 14.0 Å². The molecule has 5 nitrogen and oxygen atoms in total. The molecule has 0 radical (unpaired) electrons. The van der Waals surface area contributed by atoms with Crippen molar-refractivity contribution in [2.75, 3.05) is 14.2 Å². The van der Waals surface area contributed by atoms with E-state index >= 15 is 0 Å². The predicted molar refractivity (Wildman–Crippen MR) is 79.5 cm³/mol. The van der Waals surface area contributed by atoms with Crippen LogP contribution in [0.5, 0.6) is 11.5 Å². The highest BCUT2D eigenvalue weighted by molar-refractivity contribution is 5.69. The van der Waals surface area contributed by atoms with Crippen LogP contribution in [0, 0.1) is 11.3 Å². The van der Waals surface area contributed by atoms with E-state index in [1.165, 1.54) is 4.57 Å². The lowest BCUT2D eigenvalue weighted by atomic mass is 10.1. The summed E-state index contributed by atoms with van der Waals surface area (Å²) in [5.74, 6) is 1.33. The van der Waals surface area contributed by atoms with E-state index in [-0.39, 0.29) is 12.0 Å². The van der Waals surface area contributed by atoms with Gasteiger partial charge in [0.25, 0.3) is 5.56 Å². The molecule has 0 fully saturated rings. The lowest BCUT2D eigenvalue weighted by molar-refractivity contribution is 0.404. The van der Waals surface area contributed by atoms with Crippen LogP contribution in [0.25, 0.3) is 11.3 Å². The van der Waals surface area contributed by atoms with Gasteiger partial charge in [-0.25, -0.2) is 0 Å². The van der Waals surface area contributed by atoms with E-state index in [0.29, 0.717) is 22.8 Å². The van der Waals surface area contributed by atoms with E-state index in [1.807, 2.05) is 18.2 Å². The summed E-state index contributed by atoms with van der Waals surface area (Å²) in [5, 5.41) is 8.74. The zero-order valence-corrected chi connectivity index (χ0v) is 12.2. The Morgan fingerprint density at radius 3 is 2.57 bits per heavy atom. The van der Waals surface area contributed by atoms with Crippen LogP contribution in [0.1, 0.15) is 5.56 Å². The summed E-state index contributed by atoms with van der Waals surface area (Å²) in [6.07, 6.45) is 0.0994. The first kappa shape index (κ1) is 14.7. The summed E-state index contributed by atoms with van der Waals surface area (Å²) in [4.78, 5) is 12.2. The first-order valence-corrected chi connectivity index (χ1v) is 6.40. The Labute approximate surface area is 123 Å². The molecule has 2 rings (SSSR count). The normalized spacial score (nSPS) is 10.0. The van der Waals surface area contributed by atoms with Gasteiger partial charge in [-0.2, -0.15) is 5.26 Å². The Morgan fingerprint density at radius 1 is 1.19 bits per heavy atom. The maximum atomic E-state index is 12.2. The highest BCUT2D eigenvalue weighted by Gasteiger charge is 2.12. The fraction of sp³-hybridized carbons (Fsp3) is 0.250. The van der Waals surface area contributed by atoms with Crippen molar-refractivity contribution in [3.63, 3.8) is 0 Å². The van der Waals surface area contributed by atoms with Gasteiger partial charge in [0.05, 0.1) is 32.4 Å². The summed E-state index contributed by atoms with van der Waals surface area (Å²) in [6, 6.07) is 10.9. The molecule has 5 heteroatoms. The smallest absolute Gasteiger partial charge is 0.255 e. The number of benzene rings is 1. The summed E-state index contributed by atoms with van der Waals surface area (Å²) in [5.41, 5.74) is 1.77. The van der Waals surface area contributed by atoms with E-state index in [1.54, 1.807) is 39.5 Å². The van der Waals surface area contributed by atoms with Crippen molar-refractivity contribution < 1.29 is 9.47 Å². The summed E-state index contributed by atoms with van der Waals surface area (Å²) in [7, 11) is 4.84. The van der Waals surface area contributed by atoms with Crippen LogP contribution in [0.15, 0.2) is 35.1 Å². The summed E-state index contributed by atoms with van der Waals surface area (Å²) in [6.45, 7) is 0. The molecular formula is C16H16N2O3. The van der Waals surface area contributed by atoms with Crippen LogP contribution < -0.4 is 15.0 Å². The summed E-state index contributed by atoms with van der Waals surface area (Å²) >= 11 is 0. The molecule has 0 N–H and O–H groups in total. The van der Waals surface area contributed by atoms with Gasteiger partial charge in [-0.15, -0.1) is 0 Å². The van der Waals surface area contributed by atoms with Crippen molar-refractivity contribution in [3.8, 4) is 28.8 Å². The lowest BCUT2D eigenvalue weighted by Crippen LogP contribution is -2.22. The van der Waals surface area contributed by atoms with Crippen molar-refractivity contribution in [2.24, 2.45) is 7.05 Å². The van der Waals surface area contributed by atoms with Gasteiger partial charge in [-0.05, 0) is 24.3 Å². The SMILES string of the molecule is COc1ccc(OC)c(-c2ccc(CC#N)c(=O)n2C)c1. The lowest BCUT2D eigenvalue weighted by Gasteiger charge is -2.14. The maximum absolute atomic E-state index is 12.2. The number of aromatic nitrogens is 1. The molecule has 0 saturated carbocycles. The monoisotopic (exact) mass is 284 g/mol. The zero-order chi connectivity index (χ0) is 15.4.